The quantitative estimate of drug-likeness (QED) is 0.798. The van der Waals surface area contributed by atoms with Gasteiger partial charge in [0.1, 0.15) is 6.04 Å². The summed E-state index contributed by atoms with van der Waals surface area (Å²) in [6.07, 6.45) is 2.22. The standard InChI is InChI=1S/C15H19N5O.ClH/c1-2-4-10(5-3-1)14-17-15(21-20-14)13-8-12(18-19-13)11-6-7-16-9-11;/h1-5,11-13,16,18-19H,6-9H2;1H. The van der Waals surface area contributed by atoms with E-state index in [1.165, 1.54) is 6.42 Å². The van der Waals surface area contributed by atoms with Crippen LogP contribution in [0.2, 0.25) is 0 Å². The van der Waals surface area contributed by atoms with Crippen LogP contribution in [0.3, 0.4) is 0 Å². The molecule has 7 heteroatoms. The topological polar surface area (TPSA) is 75.0 Å². The van der Waals surface area contributed by atoms with Gasteiger partial charge in [-0.1, -0.05) is 35.5 Å². The maximum absolute atomic E-state index is 5.43. The second-order valence-corrected chi connectivity index (χ2v) is 5.76. The molecule has 3 heterocycles. The van der Waals surface area contributed by atoms with Crippen LogP contribution >= 0.6 is 12.4 Å². The van der Waals surface area contributed by atoms with Gasteiger partial charge in [-0.25, -0.2) is 5.43 Å². The molecule has 6 nitrogen and oxygen atoms in total. The SMILES string of the molecule is Cl.c1ccc(-c2noc(C3CC(C4CCNC4)NN3)n2)cc1. The van der Waals surface area contributed by atoms with Crippen molar-refractivity contribution in [1.29, 1.82) is 0 Å². The van der Waals surface area contributed by atoms with Gasteiger partial charge in [-0.15, -0.1) is 12.4 Å². The van der Waals surface area contributed by atoms with E-state index in [-0.39, 0.29) is 18.4 Å². The molecule has 0 bridgehead atoms. The molecule has 118 valence electrons. The van der Waals surface area contributed by atoms with Crippen molar-refractivity contribution >= 4 is 12.4 Å². The molecule has 2 aromatic rings. The number of hydrogen-bond donors (Lipinski definition) is 3. The van der Waals surface area contributed by atoms with Crippen molar-refractivity contribution in [2.45, 2.75) is 24.9 Å². The maximum atomic E-state index is 5.43. The number of halogens is 1. The number of nitrogens with one attached hydrogen (secondary N) is 3. The van der Waals surface area contributed by atoms with E-state index in [0.29, 0.717) is 23.7 Å². The minimum absolute atomic E-state index is 0. The summed E-state index contributed by atoms with van der Waals surface area (Å²) in [6.45, 7) is 2.21. The van der Waals surface area contributed by atoms with E-state index in [9.17, 15) is 0 Å². The maximum Gasteiger partial charge on any atom is 0.245 e. The van der Waals surface area contributed by atoms with E-state index in [1.54, 1.807) is 0 Å². The van der Waals surface area contributed by atoms with Gasteiger partial charge in [0.2, 0.25) is 11.7 Å². The highest BCUT2D eigenvalue weighted by Crippen LogP contribution is 2.28. The lowest BCUT2D eigenvalue weighted by atomic mass is 9.95. The number of benzene rings is 1. The Morgan fingerprint density at radius 3 is 2.77 bits per heavy atom. The van der Waals surface area contributed by atoms with Crippen LogP contribution in [0.15, 0.2) is 34.9 Å². The third-order valence-electron chi connectivity index (χ3n) is 4.37. The summed E-state index contributed by atoms with van der Waals surface area (Å²) in [4.78, 5) is 4.53. The summed E-state index contributed by atoms with van der Waals surface area (Å²) in [5, 5.41) is 7.50. The summed E-state index contributed by atoms with van der Waals surface area (Å²) < 4.78 is 5.43. The Morgan fingerprint density at radius 1 is 1.14 bits per heavy atom. The Bertz CT molecular complexity index is 599. The predicted molar refractivity (Wildman–Crippen MR) is 85.4 cm³/mol. The molecule has 3 N–H and O–H groups in total. The summed E-state index contributed by atoms with van der Waals surface area (Å²) in [5.41, 5.74) is 7.65. The zero-order valence-corrected chi connectivity index (χ0v) is 13.0. The van der Waals surface area contributed by atoms with Gasteiger partial charge in [0, 0.05) is 11.6 Å². The number of nitrogens with zero attached hydrogens (tertiary/aromatic N) is 2. The van der Waals surface area contributed by atoms with Crippen LogP contribution in [0.4, 0.5) is 0 Å². The lowest BCUT2D eigenvalue weighted by molar-refractivity contribution is 0.339. The summed E-state index contributed by atoms with van der Waals surface area (Å²) in [5.74, 6) is 1.99. The van der Waals surface area contributed by atoms with Gasteiger partial charge in [0.25, 0.3) is 0 Å². The molecule has 0 saturated carbocycles. The van der Waals surface area contributed by atoms with Crippen molar-refractivity contribution in [2.75, 3.05) is 13.1 Å². The first-order valence-electron chi connectivity index (χ1n) is 7.51. The number of rotatable bonds is 3. The van der Waals surface area contributed by atoms with Gasteiger partial charge in [0.15, 0.2) is 0 Å². The monoisotopic (exact) mass is 321 g/mol. The van der Waals surface area contributed by atoms with Gasteiger partial charge in [0.05, 0.1) is 0 Å². The molecule has 22 heavy (non-hydrogen) atoms. The third kappa shape index (κ3) is 3.01. The molecule has 0 amide bonds. The van der Waals surface area contributed by atoms with Crippen LogP contribution in [0.5, 0.6) is 0 Å². The molecule has 4 rings (SSSR count). The van der Waals surface area contributed by atoms with E-state index in [2.05, 4.69) is 26.3 Å². The van der Waals surface area contributed by atoms with Crippen LogP contribution in [-0.2, 0) is 0 Å². The molecule has 1 aromatic carbocycles. The van der Waals surface area contributed by atoms with E-state index in [4.69, 9.17) is 4.52 Å². The lowest BCUT2D eigenvalue weighted by Crippen LogP contribution is -2.36. The summed E-state index contributed by atoms with van der Waals surface area (Å²) >= 11 is 0. The molecular formula is C15H20ClN5O. The molecule has 2 saturated heterocycles. The molecule has 0 radical (unpaired) electrons. The molecule has 2 aliphatic heterocycles. The molecule has 3 atom stereocenters. The molecule has 2 fully saturated rings. The number of hydrogen-bond acceptors (Lipinski definition) is 6. The van der Waals surface area contributed by atoms with Crippen molar-refractivity contribution < 1.29 is 4.52 Å². The van der Waals surface area contributed by atoms with E-state index in [1.807, 2.05) is 30.3 Å². The molecule has 3 unspecified atom stereocenters. The van der Waals surface area contributed by atoms with E-state index < -0.39 is 0 Å². The molecule has 0 aliphatic carbocycles. The molecular weight excluding hydrogens is 302 g/mol. The Hall–Kier alpha value is -1.47. The highest BCUT2D eigenvalue weighted by atomic mass is 35.5. The fraction of sp³-hybridized carbons (Fsp3) is 0.467. The van der Waals surface area contributed by atoms with Gasteiger partial charge in [-0.3, -0.25) is 5.43 Å². The van der Waals surface area contributed by atoms with Crippen molar-refractivity contribution in [1.82, 2.24) is 26.3 Å². The van der Waals surface area contributed by atoms with Crippen LogP contribution in [-0.4, -0.2) is 29.3 Å². The first kappa shape index (κ1) is 15.4. The van der Waals surface area contributed by atoms with Crippen LogP contribution in [0.1, 0.15) is 24.8 Å². The van der Waals surface area contributed by atoms with Gasteiger partial charge < -0.3 is 9.84 Å². The van der Waals surface area contributed by atoms with E-state index >= 15 is 0 Å². The average molecular weight is 322 g/mol. The average Bonchev–Trinajstić information content (AvgIpc) is 3.27. The molecule has 1 aromatic heterocycles. The van der Waals surface area contributed by atoms with Gasteiger partial charge in [-0.05, 0) is 31.8 Å². The fourth-order valence-electron chi connectivity index (χ4n) is 3.15. The Kier molecular flexibility index (Phi) is 4.73. The minimum atomic E-state index is 0. The Morgan fingerprint density at radius 2 is 2.00 bits per heavy atom. The van der Waals surface area contributed by atoms with Crippen LogP contribution in [0, 0.1) is 5.92 Å². The lowest BCUT2D eigenvalue weighted by Gasteiger charge is -2.15. The van der Waals surface area contributed by atoms with Crippen molar-refractivity contribution in [3.8, 4) is 11.4 Å². The van der Waals surface area contributed by atoms with Crippen molar-refractivity contribution in [3.63, 3.8) is 0 Å². The number of aromatic nitrogens is 2. The fourth-order valence-corrected chi connectivity index (χ4v) is 3.15. The predicted octanol–water partition coefficient (Wildman–Crippen LogP) is 1.68. The minimum Gasteiger partial charge on any atom is -0.337 e. The first-order chi connectivity index (χ1) is 10.4. The Labute approximate surface area is 135 Å². The van der Waals surface area contributed by atoms with Crippen molar-refractivity contribution in [2.24, 2.45) is 5.92 Å². The first-order valence-corrected chi connectivity index (χ1v) is 7.51. The van der Waals surface area contributed by atoms with Crippen LogP contribution in [0.25, 0.3) is 11.4 Å². The van der Waals surface area contributed by atoms with Gasteiger partial charge >= 0.3 is 0 Å². The van der Waals surface area contributed by atoms with E-state index in [0.717, 1.165) is 25.1 Å². The second kappa shape index (κ2) is 6.75. The molecule has 2 aliphatic rings. The van der Waals surface area contributed by atoms with Crippen molar-refractivity contribution in [3.05, 3.63) is 36.2 Å². The third-order valence-corrected chi connectivity index (χ3v) is 4.37. The normalized spacial score (nSPS) is 27.7. The Balaban J connectivity index is 0.00000144. The van der Waals surface area contributed by atoms with Crippen LogP contribution < -0.4 is 16.2 Å². The second-order valence-electron chi connectivity index (χ2n) is 5.76. The highest BCUT2D eigenvalue weighted by molar-refractivity contribution is 5.85. The molecule has 0 spiro atoms. The highest BCUT2D eigenvalue weighted by Gasteiger charge is 2.35. The summed E-state index contributed by atoms with van der Waals surface area (Å²) in [7, 11) is 0. The largest absolute Gasteiger partial charge is 0.337 e. The zero-order chi connectivity index (χ0) is 14.1. The van der Waals surface area contributed by atoms with Gasteiger partial charge in [-0.2, -0.15) is 4.98 Å². The summed E-state index contributed by atoms with van der Waals surface area (Å²) in [6, 6.07) is 10.5. The smallest absolute Gasteiger partial charge is 0.245 e. The zero-order valence-electron chi connectivity index (χ0n) is 12.2. The number of hydrazine groups is 1.